The first-order valence-electron chi connectivity index (χ1n) is 6.51. The number of hydrogen-bond donors (Lipinski definition) is 0. The number of carbonyl (C=O) groups excluding carboxylic acids is 2. The quantitative estimate of drug-likeness (QED) is 0.785. The van der Waals surface area contributed by atoms with Crippen LogP contribution in [-0.2, 0) is 16.0 Å². The molecule has 1 unspecified atom stereocenters. The lowest BCUT2D eigenvalue weighted by atomic mass is 9.69. The molecule has 5 heteroatoms. The highest BCUT2D eigenvalue weighted by Crippen LogP contribution is 2.45. The van der Waals surface area contributed by atoms with Crippen LogP contribution in [-0.4, -0.2) is 23.8 Å². The Morgan fingerprint density at radius 2 is 2.21 bits per heavy atom. The maximum Gasteiger partial charge on any atom is 0.317 e. The number of Topliss-reactive ketones (excluding diaryl/α,β-unsaturated/α-hetero) is 1. The molecule has 1 aliphatic carbocycles. The minimum absolute atomic E-state index is 0.0637. The van der Waals surface area contributed by atoms with Gasteiger partial charge in [-0.15, -0.1) is 0 Å². The Morgan fingerprint density at radius 3 is 2.79 bits per heavy atom. The van der Waals surface area contributed by atoms with E-state index in [-0.39, 0.29) is 18.2 Å². The number of aryl methyl sites for hydroxylation is 1. The Bertz CT molecular complexity index is 516. The number of methoxy groups -OCH3 is 1. The van der Waals surface area contributed by atoms with Crippen molar-refractivity contribution >= 4 is 11.8 Å². The van der Waals surface area contributed by atoms with Gasteiger partial charge in [0.1, 0.15) is 17.4 Å². The zero-order chi connectivity index (χ0) is 14.2. The van der Waals surface area contributed by atoms with Crippen LogP contribution in [0.2, 0.25) is 0 Å². The van der Waals surface area contributed by atoms with E-state index >= 15 is 0 Å². The number of ether oxygens (including phenoxy) is 1. The summed E-state index contributed by atoms with van der Waals surface area (Å²) in [5.41, 5.74) is -0.210. The molecule has 0 aliphatic heterocycles. The zero-order valence-corrected chi connectivity index (χ0v) is 11.8. The predicted molar refractivity (Wildman–Crippen MR) is 68.0 cm³/mol. The van der Waals surface area contributed by atoms with Gasteiger partial charge in [-0.1, -0.05) is 20.8 Å². The predicted octanol–water partition coefficient (Wildman–Crippen LogP) is 2.50. The zero-order valence-electron chi connectivity index (χ0n) is 11.8. The molecular formula is C14H19NO4. The van der Waals surface area contributed by atoms with E-state index in [2.05, 4.69) is 4.98 Å². The number of fused-ring (bicyclic) bond motifs is 1. The van der Waals surface area contributed by atoms with Crippen molar-refractivity contribution in [3.05, 3.63) is 17.3 Å². The van der Waals surface area contributed by atoms with Crippen LogP contribution < -0.4 is 0 Å². The molecule has 0 spiro atoms. The summed E-state index contributed by atoms with van der Waals surface area (Å²) in [6, 6.07) is 0. The second kappa shape index (κ2) is 4.79. The van der Waals surface area contributed by atoms with Crippen LogP contribution in [0.15, 0.2) is 4.42 Å². The highest BCUT2D eigenvalue weighted by molar-refractivity contribution is 5.99. The molecule has 1 aliphatic rings. The van der Waals surface area contributed by atoms with Crippen molar-refractivity contribution in [3.63, 3.8) is 0 Å². The van der Waals surface area contributed by atoms with E-state index in [9.17, 15) is 9.59 Å². The van der Waals surface area contributed by atoms with Gasteiger partial charge in [-0.2, -0.15) is 0 Å². The van der Waals surface area contributed by atoms with Crippen molar-refractivity contribution in [3.8, 4) is 0 Å². The van der Waals surface area contributed by atoms with Gasteiger partial charge in [-0.05, 0) is 11.8 Å². The van der Waals surface area contributed by atoms with E-state index in [1.54, 1.807) is 0 Å². The molecule has 5 nitrogen and oxygen atoms in total. The average Bonchev–Trinajstić information content (AvgIpc) is 2.71. The highest BCUT2D eigenvalue weighted by Gasteiger charge is 2.48. The first-order valence-corrected chi connectivity index (χ1v) is 6.51. The van der Waals surface area contributed by atoms with Crippen molar-refractivity contribution in [1.82, 2.24) is 4.98 Å². The molecular weight excluding hydrogens is 246 g/mol. The second-order valence-corrected chi connectivity index (χ2v) is 5.62. The van der Waals surface area contributed by atoms with E-state index in [1.165, 1.54) is 7.11 Å². The van der Waals surface area contributed by atoms with Gasteiger partial charge in [0.15, 0.2) is 11.7 Å². The monoisotopic (exact) mass is 265 g/mol. The maximum absolute atomic E-state index is 12.1. The number of rotatable bonds is 3. The van der Waals surface area contributed by atoms with E-state index in [4.69, 9.17) is 9.15 Å². The lowest BCUT2D eigenvalue weighted by molar-refractivity contribution is -0.146. The Labute approximate surface area is 112 Å². The fourth-order valence-electron chi connectivity index (χ4n) is 2.59. The van der Waals surface area contributed by atoms with E-state index in [1.807, 2.05) is 20.8 Å². The van der Waals surface area contributed by atoms with Crippen molar-refractivity contribution < 1.29 is 18.7 Å². The number of ketones is 1. The molecule has 2 rings (SSSR count). The topological polar surface area (TPSA) is 69.4 Å². The largest absolute Gasteiger partial charge is 0.468 e. The molecule has 19 heavy (non-hydrogen) atoms. The van der Waals surface area contributed by atoms with Crippen molar-refractivity contribution in [2.24, 2.45) is 5.41 Å². The number of nitrogens with zero attached hydrogens (tertiary/aromatic N) is 1. The van der Waals surface area contributed by atoms with Gasteiger partial charge >= 0.3 is 5.97 Å². The summed E-state index contributed by atoms with van der Waals surface area (Å²) in [5.74, 6) is -0.114. The molecule has 0 fully saturated rings. The number of carbonyl (C=O) groups is 2. The standard InChI is InChI=1S/C14H19NO4/c1-5-6-9-15-11-8(16)7-14(2,3)10(12(11)19-9)13(17)18-4/h10H,5-7H2,1-4H3. The Balaban J connectivity index is 2.51. The van der Waals surface area contributed by atoms with Crippen molar-refractivity contribution in [1.29, 1.82) is 0 Å². The molecule has 0 aromatic carbocycles. The molecule has 1 aromatic heterocycles. The minimum Gasteiger partial charge on any atom is -0.468 e. The van der Waals surface area contributed by atoms with Crippen molar-refractivity contribution in [2.75, 3.05) is 7.11 Å². The smallest absolute Gasteiger partial charge is 0.317 e. The molecule has 0 N–H and O–H groups in total. The molecule has 1 atom stereocenters. The molecule has 0 radical (unpaired) electrons. The second-order valence-electron chi connectivity index (χ2n) is 5.62. The Morgan fingerprint density at radius 1 is 1.53 bits per heavy atom. The Kier molecular flexibility index (Phi) is 3.47. The first-order chi connectivity index (χ1) is 8.90. The molecule has 0 amide bonds. The Hall–Kier alpha value is -1.65. The SMILES string of the molecule is CCCc1nc2c(o1)C(C(=O)OC)C(C)(C)CC2=O. The normalized spacial score (nSPS) is 21.1. The molecule has 0 saturated heterocycles. The summed E-state index contributed by atoms with van der Waals surface area (Å²) in [7, 11) is 1.35. The molecule has 0 bridgehead atoms. The van der Waals surface area contributed by atoms with Gasteiger partial charge in [-0.25, -0.2) is 4.98 Å². The van der Waals surface area contributed by atoms with E-state index < -0.39 is 11.3 Å². The van der Waals surface area contributed by atoms with Gasteiger partial charge in [0.05, 0.1) is 7.11 Å². The minimum atomic E-state index is -0.566. The summed E-state index contributed by atoms with van der Waals surface area (Å²) < 4.78 is 10.5. The first kappa shape index (κ1) is 13.8. The van der Waals surface area contributed by atoms with Gasteiger partial charge in [-0.3, -0.25) is 9.59 Å². The molecule has 0 saturated carbocycles. The van der Waals surface area contributed by atoms with Crippen LogP contribution in [0.3, 0.4) is 0 Å². The van der Waals surface area contributed by atoms with Crippen LogP contribution in [0.1, 0.15) is 61.7 Å². The summed E-state index contributed by atoms with van der Waals surface area (Å²) in [6.45, 7) is 5.75. The maximum atomic E-state index is 12.1. The number of aromatic nitrogens is 1. The third-order valence-corrected chi connectivity index (χ3v) is 3.52. The van der Waals surface area contributed by atoms with Crippen LogP contribution in [0.5, 0.6) is 0 Å². The lowest BCUT2D eigenvalue weighted by Crippen LogP contribution is -2.36. The van der Waals surface area contributed by atoms with Gasteiger partial charge in [0.2, 0.25) is 0 Å². The number of oxazole rings is 1. The van der Waals surface area contributed by atoms with Gasteiger partial charge < -0.3 is 9.15 Å². The summed E-state index contributed by atoms with van der Waals surface area (Å²) >= 11 is 0. The molecule has 1 heterocycles. The van der Waals surface area contributed by atoms with Crippen LogP contribution >= 0.6 is 0 Å². The summed E-state index contributed by atoms with van der Waals surface area (Å²) in [4.78, 5) is 28.3. The van der Waals surface area contributed by atoms with E-state index in [0.717, 1.165) is 6.42 Å². The summed E-state index contributed by atoms with van der Waals surface area (Å²) in [5, 5.41) is 0. The van der Waals surface area contributed by atoms with Gasteiger partial charge in [0, 0.05) is 12.8 Å². The van der Waals surface area contributed by atoms with E-state index in [0.29, 0.717) is 23.8 Å². The van der Waals surface area contributed by atoms with Crippen LogP contribution in [0.4, 0.5) is 0 Å². The average molecular weight is 265 g/mol. The van der Waals surface area contributed by atoms with Crippen LogP contribution in [0.25, 0.3) is 0 Å². The lowest BCUT2D eigenvalue weighted by Gasteiger charge is -2.33. The third kappa shape index (κ3) is 2.29. The number of hydrogen-bond acceptors (Lipinski definition) is 5. The highest BCUT2D eigenvalue weighted by atomic mass is 16.5. The van der Waals surface area contributed by atoms with Gasteiger partial charge in [0.25, 0.3) is 0 Å². The number of esters is 1. The molecule has 1 aromatic rings. The van der Waals surface area contributed by atoms with Crippen LogP contribution in [0, 0.1) is 5.41 Å². The fraction of sp³-hybridized carbons (Fsp3) is 0.643. The third-order valence-electron chi connectivity index (χ3n) is 3.52. The summed E-state index contributed by atoms with van der Waals surface area (Å²) in [6.07, 6.45) is 1.81. The van der Waals surface area contributed by atoms with Crippen molar-refractivity contribution in [2.45, 2.75) is 46.0 Å². The fourth-order valence-corrected chi connectivity index (χ4v) is 2.59. The molecule has 104 valence electrons.